The number of para-hydroxylation sites is 1. The molecule has 0 spiro atoms. The molecule has 0 N–H and O–H groups in total. The summed E-state index contributed by atoms with van der Waals surface area (Å²) >= 11 is 0. The van der Waals surface area contributed by atoms with Crippen molar-refractivity contribution in [3.05, 3.63) is 106 Å². The molecule has 0 saturated heterocycles. The SMILES string of the molecule is CC1(C)C[C@](C)(c2ccccc2)c2ccccc2N1Cc1ccc([N+](=O)[O-])cc1. The molecular formula is C25H26N2O2. The number of benzene rings is 3. The minimum atomic E-state index is -0.352. The fraction of sp³-hybridized carbons (Fsp3) is 0.280. The van der Waals surface area contributed by atoms with Crippen molar-refractivity contribution in [1.82, 2.24) is 0 Å². The van der Waals surface area contributed by atoms with Crippen LogP contribution in [0.3, 0.4) is 0 Å². The van der Waals surface area contributed by atoms with Crippen LogP contribution in [-0.2, 0) is 12.0 Å². The second kappa shape index (κ2) is 7.03. The predicted octanol–water partition coefficient (Wildman–Crippen LogP) is 6.09. The highest BCUT2D eigenvalue weighted by Gasteiger charge is 2.45. The van der Waals surface area contributed by atoms with Crippen LogP contribution in [0.1, 0.15) is 43.9 Å². The lowest BCUT2D eigenvalue weighted by atomic mass is 9.65. The Balaban J connectivity index is 1.77. The maximum absolute atomic E-state index is 11.0. The lowest BCUT2D eigenvalue weighted by molar-refractivity contribution is -0.384. The second-order valence-electron chi connectivity index (χ2n) is 8.71. The number of non-ortho nitro benzene ring substituents is 1. The molecule has 3 aromatic rings. The molecule has 1 aliphatic rings. The molecule has 1 atom stereocenters. The van der Waals surface area contributed by atoms with Crippen molar-refractivity contribution in [3.63, 3.8) is 0 Å². The molecule has 0 bridgehead atoms. The molecule has 4 heteroatoms. The number of hydrogen-bond donors (Lipinski definition) is 0. The van der Waals surface area contributed by atoms with Crippen LogP contribution in [0.2, 0.25) is 0 Å². The molecule has 0 radical (unpaired) electrons. The van der Waals surface area contributed by atoms with Gasteiger partial charge in [0.15, 0.2) is 0 Å². The van der Waals surface area contributed by atoms with E-state index in [2.05, 4.69) is 80.3 Å². The van der Waals surface area contributed by atoms with Gasteiger partial charge in [0.1, 0.15) is 0 Å². The van der Waals surface area contributed by atoms with E-state index in [0.717, 1.165) is 12.0 Å². The highest BCUT2D eigenvalue weighted by Crippen LogP contribution is 2.50. The van der Waals surface area contributed by atoms with Gasteiger partial charge in [-0.25, -0.2) is 0 Å². The number of anilines is 1. The van der Waals surface area contributed by atoms with Gasteiger partial charge in [0.2, 0.25) is 0 Å². The Morgan fingerprint density at radius 1 is 0.897 bits per heavy atom. The molecule has 0 amide bonds. The molecule has 0 fully saturated rings. The van der Waals surface area contributed by atoms with E-state index in [4.69, 9.17) is 0 Å². The largest absolute Gasteiger partial charge is 0.362 e. The summed E-state index contributed by atoms with van der Waals surface area (Å²) in [6.07, 6.45) is 0.980. The van der Waals surface area contributed by atoms with Gasteiger partial charge in [0.05, 0.1) is 4.92 Å². The average Bonchev–Trinajstić information content (AvgIpc) is 2.72. The van der Waals surface area contributed by atoms with Crippen LogP contribution in [0.4, 0.5) is 11.4 Å². The summed E-state index contributed by atoms with van der Waals surface area (Å²) in [5.74, 6) is 0. The molecule has 0 aromatic heterocycles. The molecule has 1 aliphatic heterocycles. The monoisotopic (exact) mass is 386 g/mol. The highest BCUT2D eigenvalue weighted by atomic mass is 16.6. The van der Waals surface area contributed by atoms with Crippen LogP contribution in [0, 0.1) is 10.1 Å². The fourth-order valence-electron chi connectivity index (χ4n) is 4.83. The van der Waals surface area contributed by atoms with Crippen LogP contribution < -0.4 is 4.90 Å². The van der Waals surface area contributed by atoms with Crippen LogP contribution in [-0.4, -0.2) is 10.5 Å². The lowest BCUT2D eigenvalue weighted by Gasteiger charge is -2.52. The van der Waals surface area contributed by atoms with Gasteiger partial charge in [-0.05, 0) is 43.0 Å². The van der Waals surface area contributed by atoms with Crippen molar-refractivity contribution in [3.8, 4) is 0 Å². The quantitative estimate of drug-likeness (QED) is 0.403. The second-order valence-corrected chi connectivity index (χ2v) is 8.71. The first-order valence-corrected chi connectivity index (χ1v) is 9.97. The molecule has 4 nitrogen and oxygen atoms in total. The van der Waals surface area contributed by atoms with Gasteiger partial charge in [0, 0.05) is 35.3 Å². The van der Waals surface area contributed by atoms with Gasteiger partial charge < -0.3 is 4.90 Å². The van der Waals surface area contributed by atoms with Gasteiger partial charge in [0.25, 0.3) is 5.69 Å². The number of nitro benzene ring substituents is 1. The number of hydrogen-bond acceptors (Lipinski definition) is 3. The van der Waals surface area contributed by atoms with Crippen molar-refractivity contribution >= 4 is 11.4 Å². The third kappa shape index (κ3) is 3.39. The zero-order valence-electron chi connectivity index (χ0n) is 17.1. The molecule has 3 aromatic carbocycles. The van der Waals surface area contributed by atoms with E-state index < -0.39 is 0 Å². The van der Waals surface area contributed by atoms with Crippen molar-refractivity contribution in [1.29, 1.82) is 0 Å². The number of nitrogens with zero attached hydrogens (tertiary/aromatic N) is 2. The average molecular weight is 386 g/mol. The first-order chi connectivity index (χ1) is 13.8. The topological polar surface area (TPSA) is 46.4 Å². The minimum absolute atomic E-state index is 0.0761. The van der Waals surface area contributed by atoms with E-state index in [-0.39, 0.29) is 21.6 Å². The van der Waals surface area contributed by atoms with E-state index in [1.54, 1.807) is 12.1 Å². The van der Waals surface area contributed by atoms with Crippen LogP contribution in [0.25, 0.3) is 0 Å². The van der Waals surface area contributed by atoms with E-state index in [1.807, 2.05) is 12.1 Å². The standard InChI is InChI=1S/C25H26N2O2/c1-24(2)18-25(3,20-9-5-4-6-10-20)22-11-7-8-12-23(22)26(24)17-19-13-15-21(16-14-19)27(28)29/h4-16H,17-18H2,1-3H3/t25-/m1/s1. The van der Waals surface area contributed by atoms with Gasteiger partial charge in [-0.15, -0.1) is 0 Å². The van der Waals surface area contributed by atoms with E-state index in [1.165, 1.54) is 16.8 Å². The van der Waals surface area contributed by atoms with E-state index in [9.17, 15) is 10.1 Å². The zero-order valence-corrected chi connectivity index (χ0v) is 17.1. The molecule has 148 valence electrons. The molecule has 29 heavy (non-hydrogen) atoms. The summed E-state index contributed by atoms with van der Waals surface area (Å²) < 4.78 is 0. The number of nitro groups is 1. The molecule has 0 saturated carbocycles. The summed E-state index contributed by atoms with van der Waals surface area (Å²) in [5.41, 5.74) is 4.93. The van der Waals surface area contributed by atoms with Crippen molar-refractivity contribution in [2.45, 2.75) is 44.7 Å². The zero-order chi connectivity index (χ0) is 20.6. The lowest BCUT2D eigenvalue weighted by Crippen LogP contribution is -2.53. The molecular weight excluding hydrogens is 360 g/mol. The highest BCUT2D eigenvalue weighted by molar-refractivity contribution is 5.64. The first kappa shape index (κ1) is 19.2. The first-order valence-electron chi connectivity index (χ1n) is 9.97. The fourth-order valence-corrected chi connectivity index (χ4v) is 4.83. The maximum Gasteiger partial charge on any atom is 0.269 e. The smallest absolute Gasteiger partial charge is 0.269 e. The summed E-state index contributed by atoms with van der Waals surface area (Å²) in [7, 11) is 0. The van der Waals surface area contributed by atoms with Crippen molar-refractivity contribution in [2.24, 2.45) is 0 Å². The van der Waals surface area contributed by atoms with E-state index in [0.29, 0.717) is 6.54 Å². The Labute approximate surface area is 172 Å². The van der Waals surface area contributed by atoms with Crippen LogP contribution in [0.15, 0.2) is 78.9 Å². The molecule has 0 unspecified atom stereocenters. The third-order valence-corrected chi connectivity index (χ3v) is 6.20. The Bertz CT molecular complexity index is 1030. The molecule has 4 rings (SSSR count). The number of rotatable bonds is 4. The Morgan fingerprint density at radius 2 is 1.52 bits per heavy atom. The normalized spacial score (nSPS) is 20.2. The molecule has 0 aliphatic carbocycles. The predicted molar refractivity (Wildman–Crippen MR) is 117 cm³/mol. The van der Waals surface area contributed by atoms with Crippen LogP contribution >= 0.6 is 0 Å². The van der Waals surface area contributed by atoms with Gasteiger partial charge in [-0.2, -0.15) is 0 Å². The Kier molecular flexibility index (Phi) is 4.65. The minimum Gasteiger partial charge on any atom is -0.362 e. The number of fused-ring (bicyclic) bond motifs is 1. The molecule has 1 heterocycles. The Hall–Kier alpha value is -3.14. The van der Waals surface area contributed by atoms with Gasteiger partial charge >= 0.3 is 0 Å². The van der Waals surface area contributed by atoms with Crippen LogP contribution in [0.5, 0.6) is 0 Å². The summed E-state index contributed by atoms with van der Waals surface area (Å²) in [6, 6.07) is 26.3. The summed E-state index contributed by atoms with van der Waals surface area (Å²) in [5, 5.41) is 11.0. The van der Waals surface area contributed by atoms with Gasteiger partial charge in [-0.3, -0.25) is 10.1 Å². The van der Waals surface area contributed by atoms with Crippen molar-refractivity contribution < 1.29 is 4.92 Å². The maximum atomic E-state index is 11.0. The summed E-state index contributed by atoms with van der Waals surface area (Å²) in [6.45, 7) is 7.63. The third-order valence-electron chi connectivity index (χ3n) is 6.20. The Morgan fingerprint density at radius 3 is 2.17 bits per heavy atom. The summed E-state index contributed by atoms with van der Waals surface area (Å²) in [4.78, 5) is 13.1. The van der Waals surface area contributed by atoms with Gasteiger partial charge in [-0.1, -0.05) is 67.6 Å². The van der Waals surface area contributed by atoms with E-state index >= 15 is 0 Å². The van der Waals surface area contributed by atoms with Crippen molar-refractivity contribution in [2.75, 3.05) is 4.90 Å².